The van der Waals surface area contributed by atoms with Crippen molar-refractivity contribution in [2.45, 2.75) is 6.54 Å². The Morgan fingerprint density at radius 2 is 1.92 bits per heavy atom. The van der Waals surface area contributed by atoms with Crippen LogP contribution in [0.2, 0.25) is 0 Å². The molecule has 0 aliphatic carbocycles. The summed E-state index contributed by atoms with van der Waals surface area (Å²) >= 11 is 0. The molecular weight excluding hydrogens is 146 g/mol. The number of anilines is 1. The molecule has 1 aliphatic heterocycles. The van der Waals surface area contributed by atoms with E-state index >= 15 is 0 Å². The molecule has 0 saturated carbocycles. The van der Waals surface area contributed by atoms with Gasteiger partial charge in [0.1, 0.15) is 0 Å². The maximum atomic E-state index is 3.33. The van der Waals surface area contributed by atoms with Crippen molar-refractivity contribution in [3.8, 4) is 0 Å². The van der Waals surface area contributed by atoms with Gasteiger partial charge in [-0.25, -0.2) is 0 Å². The summed E-state index contributed by atoms with van der Waals surface area (Å²) in [6.45, 7) is 1.03. The van der Waals surface area contributed by atoms with E-state index in [4.69, 9.17) is 0 Å². The van der Waals surface area contributed by atoms with Gasteiger partial charge in [0.15, 0.2) is 0 Å². The second-order valence-corrected chi connectivity index (χ2v) is 3.17. The molecule has 0 atom stereocenters. The van der Waals surface area contributed by atoms with Crippen LogP contribution in [0.25, 0.3) is 10.8 Å². The maximum Gasteiger partial charge on any atom is 0.0473 e. The molecule has 0 spiro atoms. The van der Waals surface area contributed by atoms with Crippen LogP contribution in [0.1, 0.15) is 5.56 Å². The first kappa shape index (κ1) is 6.06. The Morgan fingerprint density at radius 1 is 1.00 bits per heavy atom. The normalized spacial score (nSPS) is 13.3. The molecule has 2 aromatic carbocycles. The number of hydrogen-bond donors (Lipinski definition) is 1. The van der Waals surface area contributed by atoms with Gasteiger partial charge in [0.2, 0.25) is 0 Å². The molecule has 1 nitrogen and oxygen atoms in total. The van der Waals surface area contributed by atoms with Crippen molar-refractivity contribution < 1.29 is 0 Å². The number of benzene rings is 2. The van der Waals surface area contributed by atoms with Gasteiger partial charge in [-0.1, -0.05) is 36.4 Å². The van der Waals surface area contributed by atoms with E-state index in [1.165, 1.54) is 22.0 Å². The summed E-state index contributed by atoms with van der Waals surface area (Å²) in [4.78, 5) is 0. The van der Waals surface area contributed by atoms with Crippen LogP contribution in [0, 0.1) is 0 Å². The average Bonchev–Trinajstić information content (AvgIpc) is 2.05. The summed E-state index contributed by atoms with van der Waals surface area (Å²) in [5.41, 5.74) is 2.77. The highest BCUT2D eigenvalue weighted by atomic mass is 14.9. The summed E-state index contributed by atoms with van der Waals surface area (Å²) in [5, 5.41) is 6.00. The molecule has 0 bridgehead atoms. The Morgan fingerprint density at radius 3 is 2.75 bits per heavy atom. The second kappa shape index (κ2) is 2.01. The topological polar surface area (TPSA) is 12.0 Å². The molecule has 58 valence electrons. The van der Waals surface area contributed by atoms with Crippen molar-refractivity contribution in [3.05, 3.63) is 42.0 Å². The third-order valence-corrected chi connectivity index (χ3v) is 2.47. The molecule has 12 heavy (non-hydrogen) atoms. The van der Waals surface area contributed by atoms with Crippen LogP contribution in [0.15, 0.2) is 36.4 Å². The molecule has 1 aliphatic rings. The predicted octanol–water partition coefficient (Wildman–Crippen LogP) is 2.77. The summed E-state index contributed by atoms with van der Waals surface area (Å²) in [6, 6.07) is 12.9. The number of rotatable bonds is 0. The number of nitrogens with one attached hydrogen (secondary N) is 1. The molecule has 2 aromatic rings. The summed E-state index contributed by atoms with van der Waals surface area (Å²) < 4.78 is 0. The van der Waals surface area contributed by atoms with Gasteiger partial charge < -0.3 is 5.32 Å². The van der Waals surface area contributed by atoms with Crippen LogP contribution < -0.4 is 5.32 Å². The maximum absolute atomic E-state index is 3.33. The fraction of sp³-hybridized carbons (Fsp3) is 0.0909. The molecule has 0 unspecified atom stereocenters. The van der Waals surface area contributed by atoms with Gasteiger partial charge in [0, 0.05) is 17.6 Å². The largest absolute Gasteiger partial charge is 0.380 e. The van der Waals surface area contributed by atoms with E-state index in [0.717, 1.165) is 6.54 Å². The zero-order valence-corrected chi connectivity index (χ0v) is 6.67. The van der Waals surface area contributed by atoms with E-state index in [2.05, 4.69) is 41.7 Å². The van der Waals surface area contributed by atoms with E-state index in [9.17, 15) is 0 Å². The summed E-state index contributed by atoms with van der Waals surface area (Å²) in [7, 11) is 0. The van der Waals surface area contributed by atoms with Gasteiger partial charge in [0.05, 0.1) is 0 Å². The molecule has 3 rings (SSSR count). The van der Waals surface area contributed by atoms with Crippen LogP contribution >= 0.6 is 0 Å². The lowest BCUT2D eigenvalue weighted by Gasteiger charge is -2.23. The fourth-order valence-electron chi connectivity index (χ4n) is 1.75. The van der Waals surface area contributed by atoms with Gasteiger partial charge in [0.25, 0.3) is 0 Å². The van der Waals surface area contributed by atoms with Gasteiger partial charge >= 0.3 is 0 Å². The zero-order valence-electron chi connectivity index (χ0n) is 6.67. The molecule has 0 radical (unpaired) electrons. The lowest BCUT2D eigenvalue weighted by atomic mass is 9.99. The Hall–Kier alpha value is -1.50. The highest BCUT2D eigenvalue weighted by molar-refractivity contribution is 5.97. The molecule has 1 heterocycles. The smallest absolute Gasteiger partial charge is 0.0473 e. The van der Waals surface area contributed by atoms with Crippen LogP contribution in [-0.4, -0.2) is 0 Å². The highest BCUT2D eigenvalue weighted by Crippen LogP contribution is 2.33. The van der Waals surface area contributed by atoms with E-state index in [1.807, 2.05) is 0 Å². The second-order valence-electron chi connectivity index (χ2n) is 3.17. The first-order chi connectivity index (χ1) is 5.95. The minimum absolute atomic E-state index is 1.03. The van der Waals surface area contributed by atoms with Crippen molar-refractivity contribution in [1.82, 2.24) is 0 Å². The quantitative estimate of drug-likeness (QED) is 0.616. The average molecular weight is 155 g/mol. The van der Waals surface area contributed by atoms with Crippen LogP contribution in [0.5, 0.6) is 0 Å². The van der Waals surface area contributed by atoms with E-state index in [1.54, 1.807) is 0 Å². The van der Waals surface area contributed by atoms with Crippen molar-refractivity contribution in [1.29, 1.82) is 0 Å². The van der Waals surface area contributed by atoms with Crippen LogP contribution in [-0.2, 0) is 6.54 Å². The van der Waals surface area contributed by atoms with E-state index < -0.39 is 0 Å². The molecular formula is C11H9N. The number of hydrogen-bond acceptors (Lipinski definition) is 1. The van der Waals surface area contributed by atoms with Crippen molar-refractivity contribution in [2.24, 2.45) is 0 Å². The zero-order chi connectivity index (χ0) is 7.97. The number of fused-ring (bicyclic) bond motifs is 3. The Labute approximate surface area is 71.0 Å². The molecule has 0 amide bonds. The van der Waals surface area contributed by atoms with Crippen LogP contribution in [0.4, 0.5) is 5.69 Å². The van der Waals surface area contributed by atoms with Crippen molar-refractivity contribution >= 4 is 16.5 Å². The third-order valence-electron chi connectivity index (χ3n) is 2.47. The summed E-state index contributed by atoms with van der Waals surface area (Å²) in [6.07, 6.45) is 0. The van der Waals surface area contributed by atoms with Gasteiger partial charge in [-0.2, -0.15) is 0 Å². The first-order valence-electron chi connectivity index (χ1n) is 4.20. The SMILES string of the molecule is c1ccc2c3c(ccc2c1)CN3. The Kier molecular flexibility index (Phi) is 1.01. The fourth-order valence-corrected chi connectivity index (χ4v) is 1.75. The van der Waals surface area contributed by atoms with E-state index in [-0.39, 0.29) is 0 Å². The summed E-state index contributed by atoms with van der Waals surface area (Å²) in [5.74, 6) is 0. The van der Waals surface area contributed by atoms with Crippen molar-refractivity contribution in [3.63, 3.8) is 0 Å². The van der Waals surface area contributed by atoms with Crippen LogP contribution in [0.3, 0.4) is 0 Å². The standard InChI is InChI=1S/C11H9N/c1-2-4-10-8(3-1)5-6-9-7-12-11(9)10/h1-6,12H,7H2. The molecule has 0 aromatic heterocycles. The Bertz CT molecular complexity index is 446. The lowest BCUT2D eigenvalue weighted by Crippen LogP contribution is -2.13. The molecule has 0 saturated heterocycles. The minimum atomic E-state index is 1.03. The van der Waals surface area contributed by atoms with Gasteiger partial charge in [-0.15, -0.1) is 0 Å². The molecule has 0 fully saturated rings. The first-order valence-corrected chi connectivity index (χ1v) is 4.20. The van der Waals surface area contributed by atoms with Gasteiger partial charge in [-0.3, -0.25) is 0 Å². The van der Waals surface area contributed by atoms with Gasteiger partial charge in [-0.05, 0) is 10.9 Å². The molecule has 1 N–H and O–H groups in total. The van der Waals surface area contributed by atoms with E-state index in [0.29, 0.717) is 0 Å². The third kappa shape index (κ3) is 0.632. The minimum Gasteiger partial charge on any atom is -0.380 e. The Balaban J connectivity index is 2.49. The lowest BCUT2D eigenvalue weighted by molar-refractivity contribution is 1.06. The monoisotopic (exact) mass is 155 g/mol. The van der Waals surface area contributed by atoms with Crippen molar-refractivity contribution in [2.75, 3.05) is 5.32 Å². The highest BCUT2D eigenvalue weighted by Gasteiger charge is 2.13. The predicted molar refractivity (Wildman–Crippen MR) is 51.3 cm³/mol. The molecule has 1 heteroatoms.